The van der Waals surface area contributed by atoms with Gasteiger partial charge in [0.25, 0.3) is 0 Å². The molecular weight excluding hydrogens is 194 g/mol. The van der Waals surface area contributed by atoms with Crippen molar-refractivity contribution in [3.05, 3.63) is 0 Å². The Kier molecular flexibility index (Phi) is 18.9. The van der Waals surface area contributed by atoms with Gasteiger partial charge in [0.15, 0.2) is 0 Å². The molecule has 68 valence electrons. The van der Waals surface area contributed by atoms with Crippen LogP contribution in [0.15, 0.2) is 0 Å². The Bertz CT molecular complexity index is 177. The molecule has 0 N–H and O–H groups in total. The molecule has 0 aliphatic carbocycles. The third-order valence-corrected chi connectivity index (χ3v) is 0.333. The molecule has 0 rings (SSSR count). The molecule has 0 radical (unpaired) electrons. The van der Waals surface area contributed by atoms with Crippen molar-refractivity contribution in [1.29, 1.82) is 0 Å². The first-order valence-corrected chi connectivity index (χ1v) is 2.13. The molecule has 0 atom stereocenters. The molecule has 0 saturated heterocycles. The zero-order valence-electron chi connectivity index (χ0n) is 6.84. The molecule has 0 aromatic rings. The topological polar surface area (TPSA) is 161 Å². The number of rotatable bonds is 0. The maximum Gasteiger partial charge on any atom is 3.00 e. The van der Waals surface area contributed by atoms with Crippen LogP contribution in [-0.2, 0) is 19.2 Å². The summed E-state index contributed by atoms with van der Waals surface area (Å²) in [7, 11) is 0. The monoisotopic (exact) mass is 194 g/mol. The minimum atomic E-state index is -2.19. The van der Waals surface area contributed by atoms with E-state index in [0.717, 1.165) is 0 Å². The van der Waals surface area contributed by atoms with Gasteiger partial charge in [0.05, 0.1) is 23.9 Å². The molecule has 8 nitrogen and oxygen atoms in total. The van der Waals surface area contributed by atoms with Crippen molar-refractivity contribution in [1.82, 2.24) is 0 Å². The van der Waals surface area contributed by atoms with Crippen molar-refractivity contribution in [2.45, 2.75) is 0 Å². The molecule has 0 spiro atoms. The first kappa shape index (κ1) is 22.9. The van der Waals surface area contributed by atoms with Crippen LogP contribution in [0.5, 0.6) is 0 Å². The molecule has 0 aromatic heterocycles. The fourth-order valence-electron chi connectivity index (χ4n) is 0. The maximum atomic E-state index is 8.93. The second kappa shape index (κ2) is 11.5. The molecular formula is C4BLiO8. The van der Waals surface area contributed by atoms with E-state index in [0.29, 0.717) is 0 Å². The number of hydrogen-bond donors (Lipinski definition) is 0. The minimum Gasteiger partial charge on any atom is -0.543 e. The summed E-state index contributed by atoms with van der Waals surface area (Å²) in [6, 6.07) is 0. The summed E-state index contributed by atoms with van der Waals surface area (Å²) < 4.78 is 0. The SMILES string of the molecule is O=C([O-])C(=O)[O-].O=C([O-])C(=O)[O-].[B+3].[Li+]. The second-order valence-corrected chi connectivity index (χ2v) is 1.15. The fraction of sp³-hybridized carbons (Fsp3) is 0. The van der Waals surface area contributed by atoms with E-state index in [1.54, 1.807) is 0 Å². The molecule has 0 heterocycles. The number of carbonyl (C=O) groups is 4. The van der Waals surface area contributed by atoms with Gasteiger partial charge in [-0.05, 0) is 0 Å². The molecule has 10 heteroatoms. The van der Waals surface area contributed by atoms with Gasteiger partial charge >= 0.3 is 27.3 Å². The maximum absolute atomic E-state index is 8.93. The van der Waals surface area contributed by atoms with Crippen LogP contribution in [0, 0.1) is 0 Å². The van der Waals surface area contributed by atoms with E-state index < -0.39 is 23.9 Å². The van der Waals surface area contributed by atoms with E-state index in [1.807, 2.05) is 0 Å². The average Bonchev–Trinajstić information content (AvgIpc) is 1.88. The molecule has 0 aliphatic heterocycles. The van der Waals surface area contributed by atoms with Crippen LogP contribution < -0.4 is 39.3 Å². The summed E-state index contributed by atoms with van der Waals surface area (Å²) in [5.41, 5.74) is 0. The summed E-state index contributed by atoms with van der Waals surface area (Å²) in [6.07, 6.45) is 0. The van der Waals surface area contributed by atoms with Gasteiger partial charge in [0.1, 0.15) is 0 Å². The smallest absolute Gasteiger partial charge is 0.543 e. The number of carboxylic acid groups (broad SMARTS) is 4. The second-order valence-electron chi connectivity index (χ2n) is 1.15. The number of hydrogen-bond acceptors (Lipinski definition) is 8. The zero-order chi connectivity index (χ0) is 10.3. The van der Waals surface area contributed by atoms with Gasteiger partial charge in [-0.2, -0.15) is 0 Å². The third kappa shape index (κ3) is 22.4. The number of aliphatic carboxylic acids is 4. The van der Waals surface area contributed by atoms with E-state index in [9.17, 15) is 0 Å². The van der Waals surface area contributed by atoms with Gasteiger partial charge in [-0.1, -0.05) is 0 Å². The Labute approximate surface area is 91.3 Å². The van der Waals surface area contributed by atoms with Gasteiger partial charge in [0.2, 0.25) is 0 Å². The average molecular weight is 194 g/mol. The zero-order valence-corrected chi connectivity index (χ0v) is 6.84. The van der Waals surface area contributed by atoms with Crippen LogP contribution in [0.1, 0.15) is 0 Å². The van der Waals surface area contributed by atoms with E-state index in [4.69, 9.17) is 39.6 Å². The Morgan fingerprint density at radius 2 is 0.643 bits per heavy atom. The minimum absolute atomic E-state index is 0. The van der Waals surface area contributed by atoms with Crippen LogP contribution in [0.4, 0.5) is 0 Å². The number of carbonyl (C=O) groups excluding carboxylic acids is 4. The van der Waals surface area contributed by atoms with Crippen LogP contribution in [0.3, 0.4) is 0 Å². The van der Waals surface area contributed by atoms with Crippen molar-refractivity contribution in [3.63, 3.8) is 0 Å². The quantitative estimate of drug-likeness (QED) is 0.271. The van der Waals surface area contributed by atoms with Gasteiger partial charge in [0, 0.05) is 0 Å². The predicted octanol–water partition coefficient (Wildman–Crippen LogP) is -10.4. The third-order valence-electron chi connectivity index (χ3n) is 0.333. The Balaban J connectivity index is -0.0000000625. The summed E-state index contributed by atoms with van der Waals surface area (Å²) >= 11 is 0. The van der Waals surface area contributed by atoms with Gasteiger partial charge in [-0.15, -0.1) is 0 Å². The summed E-state index contributed by atoms with van der Waals surface area (Å²) in [5.74, 6) is -8.74. The van der Waals surface area contributed by atoms with Gasteiger partial charge in [-0.3, -0.25) is 0 Å². The normalized spacial score (nSPS) is 6.29. The van der Waals surface area contributed by atoms with E-state index in [1.165, 1.54) is 0 Å². The van der Waals surface area contributed by atoms with E-state index >= 15 is 0 Å². The van der Waals surface area contributed by atoms with Crippen LogP contribution in [-0.4, -0.2) is 32.3 Å². The van der Waals surface area contributed by atoms with Crippen LogP contribution in [0.2, 0.25) is 0 Å². The summed E-state index contributed by atoms with van der Waals surface area (Å²) in [5, 5.41) is 35.7. The van der Waals surface area contributed by atoms with Crippen molar-refractivity contribution in [2.24, 2.45) is 0 Å². The van der Waals surface area contributed by atoms with Crippen molar-refractivity contribution >= 4 is 32.3 Å². The van der Waals surface area contributed by atoms with Crippen molar-refractivity contribution in [2.75, 3.05) is 0 Å². The van der Waals surface area contributed by atoms with Crippen molar-refractivity contribution < 1.29 is 58.5 Å². The predicted molar refractivity (Wildman–Crippen MR) is 25.8 cm³/mol. The van der Waals surface area contributed by atoms with Gasteiger partial charge in [-0.25, -0.2) is 0 Å². The van der Waals surface area contributed by atoms with Crippen LogP contribution >= 0.6 is 0 Å². The first-order chi connectivity index (χ1) is 5.29. The molecule has 14 heavy (non-hydrogen) atoms. The van der Waals surface area contributed by atoms with E-state index in [2.05, 4.69) is 0 Å². The molecule has 0 aromatic carbocycles. The first-order valence-electron chi connectivity index (χ1n) is 2.13. The summed E-state index contributed by atoms with van der Waals surface area (Å²) in [6.45, 7) is 0. The summed E-state index contributed by atoms with van der Waals surface area (Å²) in [4.78, 5) is 35.7. The Morgan fingerprint density at radius 1 is 0.571 bits per heavy atom. The standard InChI is InChI=1S/2C2H2O4.B.Li/c2*3-1(4)2(5)6;;/h2*(H,3,4)(H,5,6);;/q;;+3;+1/p-4. The Hall–Kier alpha value is -1.46. The Morgan fingerprint density at radius 3 is 0.643 bits per heavy atom. The largest absolute Gasteiger partial charge is 3.00 e. The molecule has 0 aliphatic rings. The van der Waals surface area contributed by atoms with E-state index in [-0.39, 0.29) is 27.3 Å². The number of carboxylic acids is 4. The van der Waals surface area contributed by atoms with Crippen LogP contribution in [0.25, 0.3) is 0 Å². The molecule has 0 fully saturated rings. The molecule has 0 amide bonds. The molecule has 0 unspecified atom stereocenters. The fourth-order valence-corrected chi connectivity index (χ4v) is 0. The molecule has 0 saturated carbocycles. The molecule has 0 bridgehead atoms. The van der Waals surface area contributed by atoms with Gasteiger partial charge < -0.3 is 39.6 Å². The van der Waals surface area contributed by atoms with Crippen molar-refractivity contribution in [3.8, 4) is 0 Å².